The maximum Gasteiger partial charge on any atom is 0.246 e. The van der Waals surface area contributed by atoms with Gasteiger partial charge in [-0.3, -0.25) is 4.79 Å². The summed E-state index contributed by atoms with van der Waals surface area (Å²) in [6.07, 6.45) is 3.49. The number of unbranched alkanes of at least 4 members (excludes halogenated alkanes) is 2. The van der Waals surface area contributed by atoms with Crippen molar-refractivity contribution in [2.24, 2.45) is 0 Å². The molecule has 0 saturated heterocycles. The number of amides is 1. The van der Waals surface area contributed by atoms with E-state index in [1.807, 2.05) is 25.1 Å². The molecule has 5 nitrogen and oxygen atoms in total. The summed E-state index contributed by atoms with van der Waals surface area (Å²) >= 11 is 0. The average Bonchev–Trinajstić information content (AvgIpc) is 2.87. The van der Waals surface area contributed by atoms with Gasteiger partial charge in [-0.15, -0.1) is 0 Å². The van der Waals surface area contributed by atoms with Gasteiger partial charge >= 0.3 is 0 Å². The lowest BCUT2D eigenvalue weighted by molar-refractivity contribution is -0.125. The topological polar surface area (TPSA) is 56.2 Å². The van der Waals surface area contributed by atoms with Crippen molar-refractivity contribution in [3.8, 4) is 0 Å². The van der Waals surface area contributed by atoms with Crippen LogP contribution in [0.2, 0.25) is 0 Å². The van der Waals surface area contributed by atoms with E-state index < -0.39 is 0 Å². The van der Waals surface area contributed by atoms with Crippen LogP contribution in [0.5, 0.6) is 0 Å². The van der Waals surface area contributed by atoms with Gasteiger partial charge in [0.05, 0.1) is 17.1 Å². The monoisotopic (exact) mass is 303 g/mol. The Kier molecular flexibility index (Phi) is 5.95. The number of aryl methyl sites for hydroxylation is 1. The van der Waals surface area contributed by atoms with Crippen molar-refractivity contribution >= 4 is 16.9 Å². The standard InChI is InChI=1S/C17H25N3O2/c1-4-5-8-11-20-15-10-7-6-9-14(15)19-17(20)13(2)18-16(21)12-22-3/h6-7,9-10,13H,4-5,8,11-12H2,1-3H3,(H,18,21)/t13-/m0/s1. The van der Waals surface area contributed by atoms with Crippen LogP contribution in [-0.4, -0.2) is 29.2 Å². The van der Waals surface area contributed by atoms with Gasteiger partial charge in [-0.25, -0.2) is 4.98 Å². The fourth-order valence-electron chi connectivity index (χ4n) is 2.66. The first-order chi connectivity index (χ1) is 10.7. The van der Waals surface area contributed by atoms with Gasteiger partial charge in [0.2, 0.25) is 5.91 Å². The maximum absolute atomic E-state index is 11.7. The lowest BCUT2D eigenvalue weighted by Gasteiger charge is -2.16. The van der Waals surface area contributed by atoms with Crippen molar-refractivity contribution < 1.29 is 9.53 Å². The molecule has 2 rings (SSSR count). The van der Waals surface area contributed by atoms with Crippen LogP contribution in [-0.2, 0) is 16.1 Å². The van der Waals surface area contributed by atoms with Crippen LogP contribution in [0.1, 0.15) is 45.0 Å². The Bertz CT molecular complexity index is 621. The summed E-state index contributed by atoms with van der Waals surface area (Å²) < 4.78 is 7.09. The smallest absolute Gasteiger partial charge is 0.246 e. The Morgan fingerprint density at radius 1 is 1.36 bits per heavy atom. The first-order valence-electron chi connectivity index (χ1n) is 7.90. The largest absolute Gasteiger partial charge is 0.375 e. The predicted octanol–water partition coefficient (Wildman–Crippen LogP) is 3.05. The molecule has 0 fully saturated rings. The van der Waals surface area contributed by atoms with Crippen LogP contribution in [0.4, 0.5) is 0 Å². The second-order valence-corrected chi connectivity index (χ2v) is 5.54. The lowest BCUT2D eigenvalue weighted by atomic mass is 10.2. The normalized spacial score (nSPS) is 12.5. The minimum atomic E-state index is -0.142. The highest BCUT2D eigenvalue weighted by Crippen LogP contribution is 2.21. The Morgan fingerprint density at radius 2 is 2.14 bits per heavy atom. The van der Waals surface area contributed by atoms with Crippen LogP contribution in [0.15, 0.2) is 24.3 Å². The van der Waals surface area contributed by atoms with Crippen molar-refractivity contribution in [3.63, 3.8) is 0 Å². The lowest BCUT2D eigenvalue weighted by Crippen LogP contribution is -2.31. The van der Waals surface area contributed by atoms with Gasteiger partial charge in [0.25, 0.3) is 0 Å². The number of para-hydroxylation sites is 2. The van der Waals surface area contributed by atoms with Crippen molar-refractivity contribution in [1.29, 1.82) is 0 Å². The van der Waals surface area contributed by atoms with Crippen molar-refractivity contribution in [1.82, 2.24) is 14.9 Å². The van der Waals surface area contributed by atoms with Crippen LogP contribution in [0.3, 0.4) is 0 Å². The van der Waals surface area contributed by atoms with Gasteiger partial charge in [0.1, 0.15) is 12.4 Å². The zero-order chi connectivity index (χ0) is 15.9. The van der Waals surface area contributed by atoms with Crippen LogP contribution < -0.4 is 5.32 Å². The molecule has 0 unspecified atom stereocenters. The summed E-state index contributed by atoms with van der Waals surface area (Å²) in [7, 11) is 1.52. The highest BCUT2D eigenvalue weighted by molar-refractivity contribution is 5.78. The summed E-state index contributed by atoms with van der Waals surface area (Å²) in [6.45, 7) is 5.15. The molecule has 0 aliphatic rings. The zero-order valence-corrected chi connectivity index (χ0v) is 13.6. The van der Waals surface area contributed by atoms with Crippen LogP contribution in [0.25, 0.3) is 11.0 Å². The van der Waals surface area contributed by atoms with E-state index >= 15 is 0 Å². The van der Waals surface area contributed by atoms with Gasteiger partial charge in [-0.05, 0) is 25.5 Å². The maximum atomic E-state index is 11.7. The molecule has 120 valence electrons. The molecular formula is C17H25N3O2. The number of aromatic nitrogens is 2. The number of imidazole rings is 1. The van der Waals surface area contributed by atoms with Crippen molar-refractivity contribution in [2.75, 3.05) is 13.7 Å². The molecule has 0 spiro atoms. The minimum Gasteiger partial charge on any atom is -0.375 e. The van der Waals surface area contributed by atoms with E-state index in [1.54, 1.807) is 0 Å². The molecular weight excluding hydrogens is 278 g/mol. The molecule has 22 heavy (non-hydrogen) atoms. The first kappa shape index (κ1) is 16.5. The molecule has 1 aromatic heterocycles. The van der Waals surface area contributed by atoms with Gasteiger partial charge in [0, 0.05) is 13.7 Å². The number of hydrogen-bond donors (Lipinski definition) is 1. The molecule has 0 aliphatic carbocycles. The van der Waals surface area contributed by atoms with E-state index in [-0.39, 0.29) is 18.6 Å². The number of carbonyl (C=O) groups is 1. The molecule has 1 heterocycles. The molecule has 2 aromatic rings. The van der Waals surface area contributed by atoms with Crippen molar-refractivity contribution in [2.45, 2.75) is 45.7 Å². The first-order valence-corrected chi connectivity index (χ1v) is 7.90. The van der Waals surface area contributed by atoms with E-state index in [2.05, 4.69) is 22.9 Å². The number of rotatable bonds is 8. The molecule has 0 radical (unpaired) electrons. The quantitative estimate of drug-likeness (QED) is 0.763. The fraction of sp³-hybridized carbons (Fsp3) is 0.529. The van der Waals surface area contributed by atoms with Gasteiger partial charge in [-0.1, -0.05) is 31.9 Å². The highest BCUT2D eigenvalue weighted by atomic mass is 16.5. The predicted molar refractivity (Wildman–Crippen MR) is 87.7 cm³/mol. The average molecular weight is 303 g/mol. The van der Waals surface area contributed by atoms with Gasteiger partial charge < -0.3 is 14.6 Å². The van der Waals surface area contributed by atoms with Gasteiger partial charge in [0.15, 0.2) is 0 Å². The number of hydrogen-bond acceptors (Lipinski definition) is 3. The molecule has 5 heteroatoms. The Morgan fingerprint density at radius 3 is 2.86 bits per heavy atom. The summed E-state index contributed by atoms with van der Waals surface area (Å²) in [5, 5.41) is 2.94. The number of nitrogens with one attached hydrogen (secondary N) is 1. The molecule has 1 atom stereocenters. The van der Waals surface area contributed by atoms with Gasteiger partial charge in [-0.2, -0.15) is 0 Å². The number of benzene rings is 1. The van der Waals surface area contributed by atoms with E-state index in [9.17, 15) is 4.79 Å². The third-order valence-corrected chi connectivity index (χ3v) is 3.71. The van der Waals surface area contributed by atoms with E-state index in [0.717, 1.165) is 29.8 Å². The molecule has 0 bridgehead atoms. The fourth-order valence-corrected chi connectivity index (χ4v) is 2.66. The second kappa shape index (κ2) is 7.94. The molecule has 1 N–H and O–H groups in total. The Labute approximate surface area is 131 Å². The SMILES string of the molecule is CCCCCn1c([C@H](C)NC(=O)COC)nc2ccccc21. The molecule has 1 amide bonds. The summed E-state index contributed by atoms with van der Waals surface area (Å²) in [4.78, 5) is 16.5. The zero-order valence-electron chi connectivity index (χ0n) is 13.6. The van der Waals surface area contributed by atoms with Crippen LogP contribution >= 0.6 is 0 Å². The van der Waals surface area contributed by atoms with E-state index in [0.29, 0.717) is 0 Å². The van der Waals surface area contributed by atoms with E-state index in [4.69, 9.17) is 9.72 Å². The third-order valence-electron chi connectivity index (χ3n) is 3.71. The molecule has 0 aliphatic heterocycles. The Hall–Kier alpha value is -1.88. The molecule has 0 saturated carbocycles. The highest BCUT2D eigenvalue weighted by Gasteiger charge is 2.17. The summed E-state index contributed by atoms with van der Waals surface area (Å²) in [5.74, 6) is 0.781. The Balaban J connectivity index is 2.26. The van der Waals surface area contributed by atoms with Crippen molar-refractivity contribution in [3.05, 3.63) is 30.1 Å². The number of ether oxygens (including phenoxy) is 1. The summed E-state index contributed by atoms with van der Waals surface area (Å²) in [6, 6.07) is 7.97. The van der Waals surface area contributed by atoms with E-state index in [1.165, 1.54) is 20.0 Å². The number of fused-ring (bicyclic) bond motifs is 1. The second-order valence-electron chi connectivity index (χ2n) is 5.54. The molecule has 1 aromatic carbocycles. The minimum absolute atomic E-state index is 0.0698. The number of methoxy groups -OCH3 is 1. The summed E-state index contributed by atoms with van der Waals surface area (Å²) in [5.41, 5.74) is 2.10. The number of carbonyl (C=O) groups excluding carboxylic acids is 1. The number of nitrogens with zero attached hydrogens (tertiary/aromatic N) is 2. The van der Waals surface area contributed by atoms with Crippen LogP contribution in [0, 0.1) is 0 Å². The third kappa shape index (κ3) is 3.85.